The quantitative estimate of drug-likeness (QED) is 0.790. The van der Waals surface area contributed by atoms with Crippen LogP contribution in [0.2, 0.25) is 0 Å². The minimum atomic E-state index is 0.0819. The first-order chi connectivity index (χ1) is 6.06. The van der Waals surface area contributed by atoms with Crippen LogP contribution in [0.3, 0.4) is 0 Å². The molecule has 0 amide bonds. The highest BCUT2D eigenvalue weighted by molar-refractivity contribution is 9.10. The van der Waals surface area contributed by atoms with Gasteiger partial charge in [-0.1, -0.05) is 41.9 Å². The van der Waals surface area contributed by atoms with Gasteiger partial charge in [-0.15, -0.1) is 0 Å². The van der Waals surface area contributed by atoms with E-state index in [2.05, 4.69) is 48.0 Å². The molecule has 0 saturated heterocycles. The van der Waals surface area contributed by atoms with Crippen LogP contribution in [-0.2, 0) is 10.2 Å². The number of rotatable bonds is 3. The second-order valence-corrected chi connectivity index (χ2v) is 4.74. The maximum Gasteiger partial charge on any atom is 0.0553 e. The average Bonchev–Trinajstić information content (AvgIpc) is 2.04. The summed E-state index contributed by atoms with van der Waals surface area (Å²) >= 11 is 3.46. The van der Waals surface area contributed by atoms with Gasteiger partial charge in [0, 0.05) is 17.0 Å². The third kappa shape index (κ3) is 2.82. The lowest BCUT2D eigenvalue weighted by molar-refractivity contribution is 0.146. The van der Waals surface area contributed by atoms with E-state index in [1.54, 1.807) is 7.11 Å². The fourth-order valence-electron chi connectivity index (χ4n) is 1.35. The molecular formula is C11H15BrO. The van der Waals surface area contributed by atoms with Crippen molar-refractivity contribution >= 4 is 15.9 Å². The van der Waals surface area contributed by atoms with Crippen molar-refractivity contribution in [3.05, 3.63) is 34.3 Å². The number of halogens is 1. The maximum absolute atomic E-state index is 5.19. The van der Waals surface area contributed by atoms with Gasteiger partial charge >= 0.3 is 0 Å². The fourth-order valence-corrected chi connectivity index (χ4v) is 1.75. The number of hydrogen-bond acceptors (Lipinski definition) is 1. The Morgan fingerprint density at radius 3 is 2.62 bits per heavy atom. The van der Waals surface area contributed by atoms with E-state index in [9.17, 15) is 0 Å². The Bertz CT molecular complexity index is 281. The summed E-state index contributed by atoms with van der Waals surface area (Å²) in [4.78, 5) is 0. The second-order valence-electron chi connectivity index (χ2n) is 3.83. The first-order valence-electron chi connectivity index (χ1n) is 4.31. The van der Waals surface area contributed by atoms with Crippen molar-refractivity contribution in [2.24, 2.45) is 0 Å². The lowest BCUT2D eigenvalue weighted by Crippen LogP contribution is -2.23. The molecular weight excluding hydrogens is 228 g/mol. The molecule has 0 unspecified atom stereocenters. The normalized spacial score (nSPS) is 11.7. The average molecular weight is 243 g/mol. The van der Waals surface area contributed by atoms with Crippen molar-refractivity contribution in [1.29, 1.82) is 0 Å². The molecule has 0 radical (unpaired) electrons. The van der Waals surface area contributed by atoms with E-state index in [4.69, 9.17) is 4.74 Å². The Morgan fingerprint density at radius 2 is 2.08 bits per heavy atom. The highest BCUT2D eigenvalue weighted by Gasteiger charge is 2.20. The summed E-state index contributed by atoms with van der Waals surface area (Å²) in [6.45, 7) is 5.10. The first kappa shape index (κ1) is 10.7. The zero-order valence-corrected chi connectivity index (χ0v) is 9.89. The fraction of sp³-hybridized carbons (Fsp3) is 0.455. The van der Waals surface area contributed by atoms with E-state index in [0.717, 1.165) is 11.1 Å². The molecule has 0 spiro atoms. The molecule has 0 bridgehead atoms. The van der Waals surface area contributed by atoms with Gasteiger partial charge in [-0.2, -0.15) is 0 Å². The standard InChI is InChI=1S/C11H15BrO/c1-11(2,8-13-3)9-5-4-6-10(12)7-9/h4-7H,8H2,1-3H3. The van der Waals surface area contributed by atoms with Crippen LogP contribution in [0.15, 0.2) is 28.7 Å². The molecule has 0 aromatic heterocycles. The van der Waals surface area contributed by atoms with Gasteiger partial charge in [-0.3, -0.25) is 0 Å². The number of methoxy groups -OCH3 is 1. The number of ether oxygens (including phenoxy) is 1. The largest absolute Gasteiger partial charge is 0.384 e. The summed E-state index contributed by atoms with van der Waals surface area (Å²) in [6, 6.07) is 8.35. The van der Waals surface area contributed by atoms with Crippen LogP contribution in [0.5, 0.6) is 0 Å². The van der Waals surface area contributed by atoms with Crippen LogP contribution in [0, 0.1) is 0 Å². The van der Waals surface area contributed by atoms with Crippen LogP contribution >= 0.6 is 15.9 Å². The van der Waals surface area contributed by atoms with Crippen molar-refractivity contribution in [3.63, 3.8) is 0 Å². The summed E-state index contributed by atoms with van der Waals surface area (Å²) in [7, 11) is 1.74. The molecule has 0 atom stereocenters. The molecule has 1 aromatic carbocycles. The van der Waals surface area contributed by atoms with Crippen molar-refractivity contribution in [1.82, 2.24) is 0 Å². The topological polar surface area (TPSA) is 9.23 Å². The van der Waals surface area contributed by atoms with E-state index < -0.39 is 0 Å². The summed E-state index contributed by atoms with van der Waals surface area (Å²) in [5, 5.41) is 0. The molecule has 0 heterocycles. The zero-order valence-electron chi connectivity index (χ0n) is 8.30. The molecule has 0 aliphatic rings. The lowest BCUT2D eigenvalue weighted by Gasteiger charge is -2.24. The van der Waals surface area contributed by atoms with Crippen molar-refractivity contribution in [2.75, 3.05) is 13.7 Å². The smallest absolute Gasteiger partial charge is 0.0553 e. The molecule has 0 N–H and O–H groups in total. The van der Waals surface area contributed by atoms with Gasteiger partial charge in [0.25, 0.3) is 0 Å². The summed E-state index contributed by atoms with van der Waals surface area (Å²) in [6.07, 6.45) is 0. The molecule has 0 fully saturated rings. The van der Waals surface area contributed by atoms with Gasteiger partial charge in [0.15, 0.2) is 0 Å². The lowest BCUT2D eigenvalue weighted by atomic mass is 9.86. The molecule has 72 valence electrons. The molecule has 13 heavy (non-hydrogen) atoms. The Balaban J connectivity index is 2.93. The van der Waals surface area contributed by atoms with Crippen molar-refractivity contribution < 1.29 is 4.74 Å². The predicted molar refractivity (Wildman–Crippen MR) is 59.0 cm³/mol. The van der Waals surface area contributed by atoms with Crippen molar-refractivity contribution in [3.8, 4) is 0 Å². The SMILES string of the molecule is COCC(C)(C)c1cccc(Br)c1. The van der Waals surface area contributed by atoms with Crippen molar-refractivity contribution in [2.45, 2.75) is 19.3 Å². The molecule has 0 aliphatic heterocycles. The van der Waals surface area contributed by atoms with E-state index >= 15 is 0 Å². The third-order valence-electron chi connectivity index (χ3n) is 2.11. The van der Waals surface area contributed by atoms with Gasteiger partial charge < -0.3 is 4.74 Å². The Labute approximate surface area is 88.2 Å². The molecule has 1 aromatic rings. The van der Waals surface area contributed by atoms with Crippen LogP contribution in [0.25, 0.3) is 0 Å². The summed E-state index contributed by atoms with van der Waals surface area (Å²) < 4.78 is 6.31. The molecule has 1 rings (SSSR count). The Kier molecular flexibility index (Phi) is 3.51. The highest BCUT2D eigenvalue weighted by Crippen LogP contribution is 2.25. The predicted octanol–water partition coefficient (Wildman–Crippen LogP) is 3.37. The van der Waals surface area contributed by atoms with Crippen LogP contribution < -0.4 is 0 Å². The van der Waals surface area contributed by atoms with E-state index in [1.807, 2.05) is 6.07 Å². The minimum absolute atomic E-state index is 0.0819. The van der Waals surface area contributed by atoms with E-state index in [0.29, 0.717) is 0 Å². The minimum Gasteiger partial charge on any atom is -0.384 e. The number of hydrogen-bond donors (Lipinski definition) is 0. The van der Waals surface area contributed by atoms with Crippen LogP contribution in [-0.4, -0.2) is 13.7 Å². The van der Waals surface area contributed by atoms with Gasteiger partial charge in [-0.25, -0.2) is 0 Å². The van der Waals surface area contributed by atoms with E-state index in [-0.39, 0.29) is 5.41 Å². The highest BCUT2D eigenvalue weighted by atomic mass is 79.9. The van der Waals surface area contributed by atoms with Gasteiger partial charge in [0.1, 0.15) is 0 Å². The van der Waals surface area contributed by atoms with Gasteiger partial charge in [0.05, 0.1) is 6.61 Å². The molecule has 0 saturated carbocycles. The zero-order chi connectivity index (χ0) is 9.90. The molecule has 0 aliphatic carbocycles. The van der Waals surface area contributed by atoms with Gasteiger partial charge in [0.2, 0.25) is 0 Å². The Morgan fingerprint density at radius 1 is 1.38 bits per heavy atom. The van der Waals surface area contributed by atoms with Crippen LogP contribution in [0.1, 0.15) is 19.4 Å². The first-order valence-corrected chi connectivity index (χ1v) is 5.10. The van der Waals surface area contributed by atoms with Crippen LogP contribution in [0.4, 0.5) is 0 Å². The van der Waals surface area contributed by atoms with E-state index in [1.165, 1.54) is 5.56 Å². The van der Waals surface area contributed by atoms with Gasteiger partial charge in [-0.05, 0) is 17.7 Å². The Hall–Kier alpha value is -0.340. The second kappa shape index (κ2) is 4.25. The number of benzene rings is 1. The molecule has 2 heteroatoms. The third-order valence-corrected chi connectivity index (χ3v) is 2.60. The molecule has 1 nitrogen and oxygen atoms in total. The summed E-state index contributed by atoms with van der Waals surface area (Å²) in [5.74, 6) is 0. The summed E-state index contributed by atoms with van der Waals surface area (Å²) in [5.41, 5.74) is 1.38. The monoisotopic (exact) mass is 242 g/mol. The maximum atomic E-state index is 5.19.